The van der Waals surface area contributed by atoms with E-state index in [4.69, 9.17) is 32.7 Å². The van der Waals surface area contributed by atoms with Crippen LogP contribution < -0.4 is 9.47 Å². The number of aliphatic hydroxyl groups is 1. The summed E-state index contributed by atoms with van der Waals surface area (Å²) in [5.41, 5.74) is 0.716. The average Bonchev–Trinajstić information content (AvgIpc) is 2.89. The van der Waals surface area contributed by atoms with Crippen LogP contribution in [0.1, 0.15) is 17.2 Å². The fraction of sp³-hybridized carbons (Fsp3) is 0.143. The van der Waals surface area contributed by atoms with Crippen molar-refractivity contribution in [2.75, 3.05) is 6.79 Å². The molecule has 0 aliphatic carbocycles. The largest absolute Gasteiger partial charge is 0.454 e. The summed E-state index contributed by atoms with van der Waals surface area (Å²) < 4.78 is 23.7. The minimum atomic E-state index is -1.11. The highest BCUT2D eigenvalue weighted by atomic mass is 35.5. The minimum absolute atomic E-state index is 0.0787. The van der Waals surface area contributed by atoms with Gasteiger partial charge in [-0.3, -0.25) is 0 Å². The van der Waals surface area contributed by atoms with Crippen LogP contribution >= 0.6 is 23.2 Å². The molecule has 0 spiro atoms. The first-order valence-electron chi connectivity index (χ1n) is 5.78. The predicted octanol–water partition coefficient (Wildman–Crippen LogP) is 3.94. The molecule has 3 rings (SSSR count). The lowest BCUT2D eigenvalue weighted by molar-refractivity contribution is 0.173. The van der Waals surface area contributed by atoms with E-state index in [2.05, 4.69) is 0 Å². The van der Waals surface area contributed by atoms with E-state index in [0.717, 1.165) is 0 Å². The molecular formula is C14H9Cl2FO3. The Hall–Kier alpha value is -1.49. The summed E-state index contributed by atoms with van der Waals surface area (Å²) in [5, 5.41) is 10.9. The van der Waals surface area contributed by atoms with Gasteiger partial charge in [-0.15, -0.1) is 0 Å². The quantitative estimate of drug-likeness (QED) is 0.912. The highest BCUT2D eigenvalue weighted by molar-refractivity contribution is 6.32. The number of fused-ring (bicyclic) bond motifs is 1. The second-order valence-corrected chi connectivity index (χ2v) is 5.12. The lowest BCUT2D eigenvalue weighted by atomic mass is 10.0. The molecule has 0 bridgehead atoms. The van der Waals surface area contributed by atoms with Gasteiger partial charge in [-0.25, -0.2) is 4.39 Å². The highest BCUT2D eigenvalue weighted by Crippen LogP contribution is 2.42. The van der Waals surface area contributed by atoms with Gasteiger partial charge < -0.3 is 14.6 Å². The molecule has 0 fully saturated rings. The molecule has 1 unspecified atom stereocenters. The van der Waals surface area contributed by atoms with Gasteiger partial charge in [0.1, 0.15) is 11.9 Å². The van der Waals surface area contributed by atoms with Crippen molar-refractivity contribution < 1.29 is 19.0 Å². The molecule has 0 saturated carbocycles. The van der Waals surface area contributed by atoms with Gasteiger partial charge in [-0.05, 0) is 35.9 Å². The van der Waals surface area contributed by atoms with E-state index in [1.165, 1.54) is 18.2 Å². The van der Waals surface area contributed by atoms with Crippen molar-refractivity contribution in [2.24, 2.45) is 0 Å². The van der Waals surface area contributed by atoms with Crippen LogP contribution in [0.2, 0.25) is 10.0 Å². The molecule has 0 aromatic heterocycles. The smallest absolute Gasteiger partial charge is 0.231 e. The van der Waals surface area contributed by atoms with E-state index in [1.54, 1.807) is 12.1 Å². The fourth-order valence-electron chi connectivity index (χ4n) is 2.05. The van der Waals surface area contributed by atoms with Gasteiger partial charge >= 0.3 is 0 Å². The predicted molar refractivity (Wildman–Crippen MR) is 73.0 cm³/mol. The van der Waals surface area contributed by atoms with E-state index in [-0.39, 0.29) is 17.4 Å². The molecule has 0 amide bonds. The van der Waals surface area contributed by atoms with Crippen LogP contribution in [0.4, 0.5) is 4.39 Å². The molecule has 0 radical (unpaired) electrons. The van der Waals surface area contributed by atoms with Crippen LogP contribution in [-0.4, -0.2) is 11.9 Å². The number of hydrogen-bond donors (Lipinski definition) is 1. The Morgan fingerprint density at radius 2 is 1.90 bits per heavy atom. The molecule has 1 aliphatic heterocycles. The van der Waals surface area contributed by atoms with Crippen molar-refractivity contribution in [3.63, 3.8) is 0 Å². The molecule has 0 saturated heterocycles. The van der Waals surface area contributed by atoms with Crippen LogP contribution in [0.3, 0.4) is 0 Å². The number of rotatable bonds is 2. The van der Waals surface area contributed by atoms with Gasteiger partial charge in [0.2, 0.25) is 6.79 Å². The fourth-order valence-corrected chi connectivity index (χ4v) is 2.54. The Labute approximate surface area is 124 Å². The third-order valence-corrected chi connectivity index (χ3v) is 3.64. The van der Waals surface area contributed by atoms with E-state index < -0.39 is 11.9 Å². The summed E-state index contributed by atoms with van der Waals surface area (Å²) in [5.74, 6) is 0.405. The first-order chi connectivity index (χ1) is 9.56. The molecule has 1 aliphatic rings. The Kier molecular flexibility index (Phi) is 3.46. The maximum absolute atomic E-state index is 13.3. The zero-order valence-corrected chi connectivity index (χ0v) is 11.6. The van der Waals surface area contributed by atoms with Crippen molar-refractivity contribution in [2.45, 2.75) is 6.10 Å². The van der Waals surface area contributed by atoms with Gasteiger partial charge in [0.15, 0.2) is 11.5 Å². The third-order valence-electron chi connectivity index (χ3n) is 3.02. The second kappa shape index (κ2) is 5.13. The number of halogens is 3. The van der Waals surface area contributed by atoms with Gasteiger partial charge in [0.05, 0.1) is 5.02 Å². The van der Waals surface area contributed by atoms with Crippen molar-refractivity contribution in [1.82, 2.24) is 0 Å². The summed E-state index contributed by atoms with van der Waals surface area (Å²) in [7, 11) is 0. The van der Waals surface area contributed by atoms with Crippen LogP contribution in [-0.2, 0) is 0 Å². The third kappa shape index (κ3) is 2.30. The molecule has 1 heterocycles. The number of benzene rings is 2. The van der Waals surface area contributed by atoms with Gasteiger partial charge in [0, 0.05) is 10.6 Å². The summed E-state index contributed by atoms with van der Waals surface area (Å²) in [6.07, 6.45) is -1.11. The molecule has 20 heavy (non-hydrogen) atoms. The highest BCUT2D eigenvalue weighted by Gasteiger charge is 2.22. The summed E-state index contributed by atoms with van der Waals surface area (Å²) in [6, 6.07) is 6.95. The Bertz CT molecular complexity index is 676. The molecule has 1 N–H and O–H groups in total. The van der Waals surface area contributed by atoms with E-state index in [0.29, 0.717) is 22.1 Å². The molecule has 1 atom stereocenters. The zero-order valence-electron chi connectivity index (χ0n) is 10.1. The summed E-state index contributed by atoms with van der Waals surface area (Å²) in [6.45, 7) is 0.0787. The molecule has 2 aromatic carbocycles. The molecule has 2 aromatic rings. The van der Waals surface area contributed by atoms with Crippen molar-refractivity contribution in [1.29, 1.82) is 0 Å². The Morgan fingerprint density at radius 3 is 2.70 bits per heavy atom. The number of hydrogen-bond acceptors (Lipinski definition) is 3. The van der Waals surface area contributed by atoms with Crippen molar-refractivity contribution in [3.05, 3.63) is 57.3 Å². The molecular weight excluding hydrogens is 306 g/mol. The maximum atomic E-state index is 13.3. The van der Waals surface area contributed by atoms with Gasteiger partial charge in [-0.1, -0.05) is 23.2 Å². The lowest BCUT2D eigenvalue weighted by Gasteiger charge is -2.14. The topological polar surface area (TPSA) is 38.7 Å². The molecule has 3 nitrogen and oxygen atoms in total. The Balaban J connectivity index is 2.04. The molecule has 6 heteroatoms. The van der Waals surface area contributed by atoms with Gasteiger partial charge in [0.25, 0.3) is 0 Å². The monoisotopic (exact) mass is 314 g/mol. The van der Waals surface area contributed by atoms with Crippen LogP contribution in [0.5, 0.6) is 11.5 Å². The van der Waals surface area contributed by atoms with Crippen LogP contribution in [0.25, 0.3) is 0 Å². The molecule has 104 valence electrons. The van der Waals surface area contributed by atoms with Crippen molar-refractivity contribution in [3.8, 4) is 11.5 Å². The normalized spacial score (nSPS) is 14.4. The number of aliphatic hydroxyl groups excluding tert-OH is 1. The maximum Gasteiger partial charge on any atom is 0.231 e. The van der Waals surface area contributed by atoms with E-state index in [9.17, 15) is 9.50 Å². The van der Waals surface area contributed by atoms with E-state index in [1.807, 2.05) is 0 Å². The Morgan fingerprint density at radius 1 is 1.10 bits per heavy atom. The van der Waals surface area contributed by atoms with E-state index >= 15 is 0 Å². The SMILES string of the molecule is OC(c1cc(Cl)c2c(c1)OCO2)c1cc(F)ccc1Cl. The lowest BCUT2D eigenvalue weighted by Crippen LogP contribution is -2.01. The first kappa shape index (κ1) is 13.5. The first-order valence-corrected chi connectivity index (χ1v) is 6.54. The second-order valence-electron chi connectivity index (χ2n) is 4.30. The van der Waals surface area contributed by atoms with Crippen molar-refractivity contribution >= 4 is 23.2 Å². The van der Waals surface area contributed by atoms with Crippen LogP contribution in [0, 0.1) is 5.82 Å². The summed E-state index contributed by atoms with van der Waals surface area (Å²) in [4.78, 5) is 0. The number of ether oxygens (including phenoxy) is 2. The van der Waals surface area contributed by atoms with Crippen LogP contribution in [0.15, 0.2) is 30.3 Å². The average molecular weight is 315 g/mol. The van der Waals surface area contributed by atoms with Gasteiger partial charge in [-0.2, -0.15) is 0 Å². The zero-order chi connectivity index (χ0) is 14.3. The standard InChI is InChI=1S/C14H9Cl2FO3/c15-10-2-1-8(17)5-9(10)13(18)7-3-11(16)14-12(4-7)19-6-20-14/h1-5,13,18H,6H2. The minimum Gasteiger partial charge on any atom is -0.454 e. The summed E-state index contributed by atoms with van der Waals surface area (Å²) >= 11 is 12.0.